The van der Waals surface area contributed by atoms with Gasteiger partial charge in [-0.15, -0.1) is 0 Å². The number of fused-ring (bicyclic) bond motifs is 1. The number of nitrogens with zero attached hydrogens (tertiary/aromatic N) is 1. The number of benzene rings is 2. The molecule has 146 valence electrons. The van der Waals surface area contributed by atoms with Gasteiger partial charge in [0.25, 0.3) is 0 Å². The van der Waals surface area contributed by atoms with Crippen LogP contribution in [0.1, 0.15) is 55.2 Å². The second-order valence-corrected chi connectivity index (χ2v) is 8.10. The van der Waals surface area contributed by atoms with E-state index < -0.39 is 6.04 Å². The molecular formula is C24H28N2O2. The van der Waals surface area contributed by atoms with Gasteiger partial charge in [0.15, 0.2) is 0 Å². The fraction of sp³-hybridized carbons (Fsp3) is 0.417. The topological polar surface area (TPSA) is 49.4 Å². The molecule has 28 heavy (non-hydrogen) atoms. The van der Waals surface area contributed by atoms with Crippen molar-refractivity contribution in [2.24, 2.45) is 5.92 Å². The lowest BCUT2D eigenvalue weighted by atomic mass is 9.84. The Hall–Kier alpha value is -2.62. The van der Waals surface area contributed by atoms with Crippen LogP contribution in [0.4, 0.5) is 0 Å². The summed E-state index contributed by atoms with van der Waals surface area (Å²) in [5.41, 5.74) is 3.73. The van der Waals surface area contributed by atoms with E-state index in [0.717, 1.165) is 25.7 Å². The van der Waals surface area contributed by atoms with Crippen molar-refractivity contribution in [3.05, 3.63) is 71.3 Å². The second-order valence-electron chi connectivity index (χ2n) is 8.10. The molecule has 4 nitrogen and oxygen atoms in total. The van der Waals surface area contributed by atoms with Gasteiger partial charge in [-0.1, -0.05) is 67.4 Å². The predicted molar refractivity (Wildman–Crippen MR) is 110 cm³/mol. The van der Waals surface area contributed by atoms with Gasteiger partial charge in [-0.25, -0.2) is 0 Å². The third-order valence-corrected chi connectivity index (χ3v) is 6.20. The Morgan fingerprint density at radius 2 is 1.68 bits per heavy atom. The van der Waals surface area contributed by atoms with Gasteiger partial charge in [-0.2, -0.15) is 0 Å². The van der Waals surface area contributed by atoms with Gasteiger partial charge in [0.2, 0.25) is 11.8 Å². The minimum atomic E-state index is -0.401. The lowest BCUT2D eigenvalue weighted by molar-refractivity contribution is -0.138. The zero-order chi connectivity index (χ0) is 19.5. The first kappa shape index (κ1) is 18.7. The molecule has 1 N–H and O–H groups in total. The SMILES string of the molecule is CC(=O)N[C@@H](C(=O)N1Cc2ccccc2[C@@H](c2ccccc2)C1)C1CCCC1. The van der Waals surface area contributed by atoms with Gasteiger partial charge in [0.1, 0.15) is 6.04 Å². The van der Waals surface area contributed by atoms with Gasteiger partial charge >= 0.3 is 0 Å². The zero-order valence-corrected chi connectivity index (χ0v) is 16.4. The summed E-state index contributed by atoms with van der Waals surface area (Å²) in [4.78, 5) is 27.3. The number of carbonyl (C=O) groups is 2. The molecule has 0 aromatic heterocycles. The van der Waals surface area contributed by atoms with Crippen LogP contribution in [-0.2, 0) is 16.1 Å². The van der Waals surface area contributed by atoms with Crippen LogP contribution in [0.25, 0.3) is 0 Å². The molecule has 1 saturated carbocycles. The van der Waals surface area contributed by atoms with Crippen LogP contribution in [0.2, 0.25) is 0 Å². The largest absolute Gasteiger partial charge is 0.344 e. The Kier molecular flexibility index (Phi) is 5.47. The molecule has 0 radical (unpaired) electrons. The second kappa shape index (κ2) is 8.17. The summed E-state index contributed by atoms with van der Waals surface area (Å²) in [5.74, 6) is 0.361. The Labute approximate surface area is 166 Å². The van der Waals surface area contributed by atoms with E-state index >= 15 is 0 Å². The lowest BCUT2D eigenvalue weighted by Gasteiger charge is -2.38. The molecule has 2 aliphatic rings. The monoisotopic (exact) mass is 376 g/mol. The highest BCUT2D eigenvalue weighted by atomic mass is 16.2. The normalized spacial score (nSPS) is 20.5. The molecule has 2 amide bonds. The lowest BCUT2D eigenvalue weighted by Crippen LogP contribution is -2.53. The van der Waals surface area contributed by atoms with Crippen LogP contribution < -0.4 is 5.32 Å². The maximum Gasteiger partial charge on any atom is 0.245 e. The van der Waals surface area contributed by atoms with Crippen molar-refractivity contribution in [2.45, 2.75) is 51.1 Å². The zero-order valence-electron chi connectivity index (χ0n) is 16.4. The Bertz CT molecular complexity index is 843. The van der Waals surface area contributed by atoms with Crippen molar-refractivity contribution >= 4 is 11.8 Å². The minimum Gasteiger partial charge on any atom is -0.344 e. The standard InChI is InChI=1S/C24H28N2O2/c1-17(27)25-23(19-11-5-6-12-19)24(28)26-15-20-13-7-8-14-21(20)22(16-26)18-9-3-2-4-10-18/h2-4,7-10,13-14,19,22-23H,5-6,11-12,15-16H2,1H3,(H,25,27)/t22-,23-/m1/s1. The number of nitrogens with one attached hydrogen (secondary N) is 1. The van der Waals surface area contributed by atoms with Crippen molar-refractivity contribution in [3.63, 3.8) is 0 Å². The predicted octanol–water partition coefficient (Wildman–Crippen LogP) is 3.86. The van der Waals surface area contributed by atoms with Crippen molar-refractivity contribution < 1.29 is 9.59 Å². The molecule has 2 aromatic carbocycles. The van der Waals surface area contributed by atoms with E-state index in [2.05, 4.69) is 47.8 Å². The van der Waals surface area contributed by atoms with Gasteiger partial charge in [-0.05, 0) is 35.4 Å². The molecule has 1 fully saturated rings. The summed E-state index contributed by atoms with van der Waals surface area (Å²) in [6, 6.07) is 18.4. The number of carbonyl (C=O) groups excluding carboxylic acids is 2. The molecule has 4 rings (SSSR count). The Morgan fingerprint density at radius 3 is 2.39 bits per heavy atom. The molecule has 0 spiro atoms. The van der Waals surface area contributed by atoms with Crippen LogP contribution in [0.15, 0.2) is 54.6 Å². The average molecular weight is 377 g/mol. The van der Waals surface area contributed by atoms with Gasteiger partial charge < -0.3 is 10.2 Å². The number of hydrogen-bond acceptors (Lipinski definition) is 2. The number of amides is 2. The van der Waals surface area contributed by atoms with Gasteiger partial charge in [0.05, 0.1) is 0 Å². The molecule has 2 aromatic rings. The average Bonchev–Trinajstić information content (AvgIpc) is 3.26. The fourth-order valence-corrected chi connectivity index (χ4v) is 4.83. The fourth-order valence-electron chi connectivity index (χ4n) is 4.83. The molecule has 1 aliphatic heterocycles. The quantitative estimate of drug-likeness (QED) is 0.881. The highest BCUT2D eigenvalue weighted by Crippen LogP contribution is 2.35. The van der Waals surface area contributed by atoms with Gasteiger partial charge in [0, 0.05) is 25.9 Å². The molecule has 4 heteroatoms. The summed E-state index contributed by atoms with van der Waals surface area (Å²) < 4.78 is 0. The summed E-state index contributed by atoms with van der Waals surface area (Å²) in [6.07, 6.45) is 4.32. The van der Waals surface area contributed by atoms with Crippen molar-refractivity contribution in [1.29, 1.82) is 0 Å². The van der Waals surface area contributed by atoms with Crippen LogP contribution in [-0.4, -0.2) is 29.3 Å². The van der Waals surface area contributed by atoms with E-state index in [1.165, 1.54) is 23.6 Å². The van der Waals surface area contributed by atoms with Crippen molar-refractivity contribution in [1.82, 2.24) is 10.2 Å². The van der Waals surface area contributed by atoms with E-state index in [1.807, 2.05) is 17.0 Å². The van der Waals surface area contributed by atoms with Crippen LogP contribution in [0.3, 0.4) is 0 Å². The first-order valence-corrected chi connectivity index (χ1v) is 10.3. The summed E-state index contributed by atoms with van der Waals surface area (Å²) >= 11 is 0. The summed E-state index contributed by atoms with van der Waals surface area (Å²) in [7, 11) is 0. The molecule has 0 saturated heterocycles. The number of hydrogen-bond donors (Lipinski definition) is 1. The smallest absolute Gasteiger partial charge is 0.245 e. The van der Waals surface area contributed by atoms with Crippen molar-refractivity contribution in [3.8, 4) is 0 Å². The van der Waals surface area contributed by atoms with Crippen LogP contribution >= 0.6 is 0 Å². The third kappa shape index (κ3) is 3.82. The van der Waals surface area contributed by atoms with Crippen LogP contribution in [0, 0.1) is 5.92 Å². The Morgan fingerprint density at radius 1 is 1.00 bits per heavy atom. The van der Waals surface area contributed by atoms with E-state index in [9.17, 15) is 9.59 Å². The maximum atomic E-state index is 13.5. The first-order valence-electron chi connectivity index (χ1n) is 10.3. The molecule has 0 unspecified atom stereocenters. The molecule has 0 bridgehead atoms. The number of rotatable bonds is 4. The molecule has 1 heterocycles. The highest BCUT2D eigenvalue weighted by molar-refractivity contribution is 5.87. The van der Waals surface area contributed by atoms with E-state index in [0.29, 0.717) is 13.1 Å². The van der Waals surface area contributed by atoms with Gasteiger partial charge in [-0.3, -0.25) is 9.59 Å². The Balaban J connectivity index is 1.64. The first-order chi connectivity index (χ1) is 13.6. The van der Waals surface area contributed by atoms with E-state index in [-0.39, 0.29) is 23.7 Å². The van der Waals surface area contributed by atoms with Crippen LogP contribution in [0.5, 0.6) is 0 Å². The van der Waals surface area contributed by atoms with E-state index in [4.69, 9.17) is 0 Å². The van der Waals surface area contributed by atoms with Crippen molar-refractivity contribution in [2.75, 3.05) is 6.54 Å². The molecule has 2 atom stereocenters. The third-order valence-electron chi connectivity index (χ3n) is 6.20. The molecular weight excluding hydrogens is 348 g/mol. The maximum absolute atomic E-state index is 13.5. The highest BCUT2D eigenvalue weighted by Gasteiger charge is 2.37. The summed E-state index contributed by atoms with van der Waals surface area (Å²) in [5, 5.41) is 2.97. The molecule has 1 aliphatic carbocycles. The minimum absolute atomic E-state index is 0.0672. The van der Waals surface area contributed by atoms with E-state index in [1.54, 1.807) is 0 Å². The summed E-state index contributed by atoms with van der Waals surface area (Å²) in [6.45, 7) is 2.78.